The van der Waals surface area contributed by atoms with Crippen LogP contribution in [-0.2, 0) is 11.8 Å². The number of nitrogens with one attached hydrogen (secondary N) is 2. The molecule has 0 unspecified atom stereocenters. The Balaban J connectivity index is 1.38. The van der Waals surface area contributed by atoms with Crippen molar-refractivity contribution >= 4 is 28.3 Å². The first-order chi connectivity index (χ1) is 14.6. The summed E-state index contributed by atoms with van der Waals surface area (Å²) in [5.41, 5.74) is 4.38. The van der Waals surface area contributed by atoms with Crippen LogP contribution in [0.2, 0.25) is 0 Å². The van der Waals surface area contributed by atoms with Gasteiger partial charge in [-0.3, -0.25) is 14.6 Å². The maximum absolute atomic E-state index is 12.2. The van der Waals surface area contributed by atoms with Crippen molar-refractivity contribution in [3.63, 3.8) is 0 Å². The molecule has 2 N–H and O–H groups in total. The molecule has 3 aromatic heterocycles. The van der Waals surface area contributed by atoms with E-state index in [1.54, 1.807) is 35.4 Å². The number of benzene rings is 1. The van der Waals surface area contributed by atoms with Gasteiger partial charge < -0.3 is 15.2 Å². The van der Waals surface area contributed by atoms with Crippen LogP contribution in [0.5, 0.6) is 0 Å². The van der Waals surface area contributed by atoms with Crippen LogP contribution < -0.4 is 10.6 Å². The number of thiazole rings is 1. The minimum Gasteiger partial charge on any atom is -0.356 e. The lowest BCUT2D eigenvalue weighted by Gasteiger charge is -2.04. The monoisotopic (exact) mass is 417 g/mol. The zero-order chi connectivity index (χ0) is 20.9. The van der Waals surface area contributed by atoms with Gasteiger partial charge in [-0.1, -0.05) is 18.2 Å². The molecule has 0 spiro atoms. The van der Waals surface area contributed by atoms with Gasteiger partial charge in [-0.25, -0.2) is 4.98 Å². The highest BCUT2D eigenvalue weighted by atomic mass is 32.1. The molecule has 0 saturated carbocycles. The summed E-state index contributed by atoms with van der Waals surface area (Å²) in [6.07, 6.45) is 6.99. The second-order valence-corrected chi connectivity index (χ2v) is 7.51. The van der Waals surface area contributed by atoms with Crippen LogP contribution in [0.1, 0.15) is 10.4 Å². The van der Waals surface area contributed by atoms with E-state index < -0.39 is 0 Å². The minimum atomic E-state index is -0.328. The Bertz CT molecular complexity index is 1180. The number of pyridine rings is 1. The number of hydrogen-bond acceptors (Lipinski definition) is 5. The van der Waals surface area contributed by atoms with Gasteiger partial charge in [0.05, 0.1) is 17.8 Å². The number of carbonyl (C=O) groups is 2. The van der Waals surface area contributed by atoms with Crippen LogP contribution in [0, 0.1) is 0 Å². The van der Waals surface area contributed by atoms with Crippen LogP contribution in [0.3, 0.4) is 0 Å². The Labute approximate surface area is 177 Å². The fraction of sp³-hybridized carbons (Fsp3) is 0.0909. The number of amides is 2. The Morgan fingerprint density at radius 3 is 2.63 bits per heavy atom. The van der Waals surface area contributed by atoms with Crippen LogP contribution in [-0.4, -0.2) is 32.9 Å². The molecule has 0 fully saturated rings. The number of anilines is 1. The zero-order valence-corrected chi connectivity index (χ0v) is 17.0. The van der Waals surface area contributed by atoms with Gasteiger partial charge in [0.1, 0.15) is 0 Å². The van der Waals surface area contributed by atoms with E-state index in [1.807, 2.05) is 42.8 Å². The molecule has 0 atom stereocenters. The van der Waals surface area contributed by atoms with Gasteiger partial charge >= 0.3 is 0 Å². The molecule has 0 aliphatic carbocycles. The zero-order valence-electron chi connectivity index (χ0n) is 16.2. The first kappa shape index (κ1) is 19.5. The van der Waals surface area contributed by atoms with Gasteiger partial charge in [0.25, 0.3) is 5.91 Å². The van der Waals surface area contributed by atoms with E-state index in [2.05, 4.69) is 26.7 Å². The molecular weight excluding hydrogens is 398 g/mol. The number of nitrogens with zero attached hydrogens (tertiary/aromatic N) is 3. The second-order valence-electron chi connectivity index (χ2n) is 6.65. The fourth-order valence-electron chi connectivity index (χ4n) is 2.93. The van der Waals surface area contributed by atoms with Crippen molar-refractivity contribution in [3.8, 4) is 22.4 Å². The summed E-state index contributed by atoms with van der Waals surface area (Å²) in [4.78, 5) is 32.7. The predicted molar refractivity (Wildman–Crippen MR) is 117 cm³/mol. The number of hydrogen-bond donors (Lipinski definition) is 2. The Hall–Kier alpha value is -3.78. The van der Waals surface area contributed by atoms with E-state index in [0.717, 1.165) is 22.4 Å². The second kappa shape index (κ2) is 8.71. The molecule has 0 bridgehead atoms. The molecule has 2 amide bonds. The van der Waals surface area contributed by atoms with Gasteiger partial charge in [0.15, 0.2) is 5.13 Å². The summed E-state index contributed by atoms with van der Waals surface area (Å²) < 4.78 is 1.77. The SMILES string of the molecule is Cn1ccc(C(=O)NCC(=O)Nc2nc(-c3cccc(-c4ccncc4)c3)cs2)c1. The van der Waals surface area contributed by atoms with E-state index in [9.17, 15) is 9.59 Å². The lowest BCUT2D eigenvalue weighted by atomic mass is 10.0. The first-order valence-electron chi connectivity index (χ1n) is 9.25. The van der Waals surface area contributed by atoms with Gasteiger partial charge in [-0.05, 0) is 35.4 Å². The number of aryl methyl sites for hydroxylation is 1. The third kappa shape index (κ3) is 4.61. The van der Waals surface area contributed by atoms with Gasteiger partial charge in [-0.2, -0.15) is 0 Å². The van der Waals surface area contributed by atoms with Crippen molar-refractivity contribution in [2.75, 3.05) is 11.9 Å². The normalized spacial score (nSPS) is 10.6. The molecule has 4 aromatic rings. The molecule has 8 heteroatoms. The fourth-order valence-corrected chi connectivity index (χ4v) is 3.67. The molecule has 0 aliphatic heterocycles. The highest BCUT2D eigenvalue weighted by Gasteiger charge is 2.12. The van der Waals surface area contributed by atoms with Crippen LogP contribution >= 0.6 is 11.3 Å². The maximum Gasteiger partial charge on any atom is 0.253 e. The third-order valence-electron chi connectivity index (χ3n) is 4.43. The Morgan fingerprint density at radius 1 is 1.07 bits per heavy atom. The third-order valence-corrected chi connectivity index (χ3v) is 5.18. The number of aromatic nitrogens is 3. The van der Waals surface area contributed by atoms with E-state index in [-0.39, 0.29) is 18.4 Å². The average Bonchev–Trinajstić information content (AvgIpc) is 3.42. The van der Waals surface area contributed by atoms with Gasteiger partial charge in [0.2, 0.25) is 5.91 Å². The van der Waals surface area contributed by atoms with E-state index in [1.165, 1.54) is 11.3 Å². The van der Waals surface area contributed by atoms with Crippen LogP contribution in [0.25, 0.3) is 22.4 Å². The Morgan fingerprint density at radius 2 is 1.87 bits per heavy atom. The predicted octanol–water partition coefficient (Wildman–Crippen LogP) is 3.58. The number of carbonyl (C=O) groups excluding carboxylic acids is 2. The first-order valence-corrected chi connectivity index (χ1v) is 10.1. The summed E-state index contributed by atoms with van der Waals surface area (Å²) in [7, 11) is 1.83. The molecule has 3 heterocycles. The summed E-state index contributed by atoms with van der Waals surface area (Å²) in [6.45, 7) is -0.125. The Kier molecular flexibility index (Phi) is 5.67. The maximum atomic E-state index is 12.2. The lowest BCUT2D eigenvalue weighted by molar-refractivity contribution is -0.115. The number of rotatable bonds is 6. The van der Waals surface area contributed by atoms with Crippen molar-refractivity contribution < 1.29 is 9.59 Å². The minimum absolute atomic E-state index is 0.125. The quantitative estimate of drug-likeness (QED) is 0.502. The van der Waals surface area contributed by atoms with E-state index in [0.29, 0.717) is 10.7 Å². The molecule has 7 nitrogen and oxygen atoms in total. The summed E-state index contributed by atoms with van der Waals surface area (Å²) >= 11 is 1.34. The molecule has 0 radical (unpaired) electrons. The van der Waals surface area contributed by atoms with Crippen LogP contribution in [0.15, 0.2) is 72.6 Å². The molecule has 0 saturated heterocycles. The van der Waals surface area contributed by atoms with Crippen LogP contribution in [0.4, 0.5) is 5.13 Å². The van der Waals surface area contributed by atoms with Gasteiger partial charge in [-0.15, -0.1) is 11.3 Å². The van der Waals surface area contributed by atoms with Crippen molar-refractivity contribution in [2.24, 2.45) is 7.05 Å². The summed E-state index contributed by atoms with van der Waals surface area (Å²) in [5.74, 6) is -0.621. The van der Waals surface area contributed by atoms with Gasteiger partial charge in [0, 0.05) is 42.8 Å². The topological polar surface area (TPSA) is 88.9 Å². The molecular formula is C22H19N5O2S. The van der Waals surface area contributed by atoms with Crippen molar-refractivity contribution in [3.05, 3.63) is 78.2 Å². The highest BCUT2D eigenvalue weighted by molar-refractivity contribution is 7.14. The molecule has 150 valence electrons. The largest absolute Gasteiger partial charge is 0.356 e. The summed E-state index contributed by atoms with van der Waals surface area (Å²) in [5, 5.41) is 7.71. The standard InChI is InChI=1S/C22H19N5O2S/c1-27-10-7-18(13-27)21(29)24-12-20(28)26-22-25-19(14-30-22)17-4-2-3-16(11-17)15-5-8-23-9-6-15/h2-11,13-14H,12H2,1H3,(H,24,29)(H,25,26,28). The van der Waals surface area contributed by atoms with Crippen molar-refractivity contribution in [2.45, 2.75) is 0 Å². The van der Waals surface area contributed by atoms with E-state index in [4.69, 9.17) is 0 Å². The van der Waals surface area contributed by atoms with Crippen molar-refractivity contribution in [1.29, 1.82) is 0 Å². The molecule has 4 rings (SSSR count). The molecule has 0 aliphatic rings. The smallest absolute Gasteiger partial charge is 0.253 e. The van der Waals surface area contributed by atoms with Crippen molar-refractivity contribution in [1.82, 2.24) is 19.9 Å². The summed E-state index contributed by atoms with van der Waals surface area (Å²) in [6, 6.07) is 13.6. The van der Waals surface area contributed by atoms with E-state index >= 15 is 0 Å². The highest BCUT2D eigenvalue weighted by Crippen LogP contribution is 2.28. The molecule has 30 heavy (non-hydrogen) atoms. The molecule has 1 aromatic carbocycles. The lowest BCUT2D eigenvalue weighted by Crippen LogP contribution is -2.32. The average molecular weight is 417 g/mol.